The minimum atomic E-state index is 0.393. The van der Waals surface area contributed by atoms with Crippen molar-refractivity contribution < 1.29 is 0 Å². The van der Waals surface area contributed by atoms with Gasteiger partial charge < -0.3 is 3.11 Å². The van der Waals surface area contributed by atoms with Gasteiger partial charge in [-0.25, -0.2) is 0 Å². The SMILES string of the molecule is CC12CCCC1c1ccccc1N2I. The highest BCUT2D eigenvalue weighted by Gasteiger charge is 2.49. The molecule has 2 atom stereocenters. The molecule has 0 spiro atoms. The van der Waals surface area contributed by atoms with Crippen molar-refractivity contribution in [2.24, 2.45) is 0 Å². The summed E-state index contributed by atoms with van der Waals surface area (Å²) >= 11 is 2.49. The molecule has 0 N–H and O–H groups in total. The summed E-state index contributed by atoms with van der Waals surface area (Å²) in [5.41, 5.74) is 3.41. The minimum Gasteiger partial charge on any atom is -0.308 e. The van der Waals surface area contributed by atoms with Gasteiger partial charge >= 0.3 is 0 Å². The summed E-state index contributed by atoms with van der Waals surface area (Å²) in [6, 6.07) is 8.88. The Morgan fingerprint density at radius 1 is 1.43 bits per heavy atom. The Morgan fingerprint density at radius 3 is 3.07 bits per heavy atom. The molecule has 1 heterocycles. The number of rotatable bonds is 0. The molecular formula is C12H14IN. The third-order valence-corrected chi connectivity index (χ3v) is 5.52. The summed E-state index contributed by atoms with van der Waals surface area (Å²) in [6.07, 6.45) is 4.09. The molecule has 1 aromatic rings. The van der Waals surface area contributed by atoms with Crippen molar-refractivity contribution in [3.8, 4) is 0 Å². The van der Waals surface area contributed by atoms with Crippen LogP contribution in [0.3, 0.4) is 0 Å². The lowest BCUT2D eigenvalue weighted by Crippen LogP contribution is -2.36. The molecule has 2 aliphatic rings. The third kappa shape index (κ3) is 0.953. The van der Waals surface area contributed by atoms with E-state index in [0.717, 1.165) is 5.92 Å². The highest BCUT2D eigenvalue weighted by Crippen LogP contribution is 2.57. The number of nitrogens with zero attached hydrogens (tertiary/aromatic N) is 1. The van der Waals surface area contributed by atoms with Crippen LogP contribution in [0.4, 0.5) is 5.69 Å². The van der Waals surface area contributed by atoms with E-state index in [9.17, 15) is 0 Å². The first-order valence-corrected chi connectivity index (χ1v) is 6.25. The molecule has 2 unspecified atom stereocenters. The molecule has 0 aromatic heterocycles. The normalized spacial score (nSPS) is 34.4. The van der Waals surface area contributed by atoms with Gasteiger partial charge in [-0.3, -0.25) is 0 Å². The van der Waals surface area contributed by atoms with Gasteiger partial charge in [0.1, 0.15) is 0 Å². The van der Waals surface area contributed by atoms with Gasteiger partial charge in [-0.2, -0.15) is 0 Å². The Morgan fingerprint density at radius 2 is 2.21 bits per heavy atom. The number of halogens is 1. The van der Waals surface area contributed by atoms with Crippen molar-refractivity contribution in [1.29, 1.82) is 0 Å². The fourth-order valence-electron chi connectivity index (χ4n) is 3.11. The van der Waals surface area contributed by atoms with Crippen LogP contribution in [0.2, 0.25) is 0 Å². The molecule has 14 heavy (non-hydrogen) atoms. The average molecular weight is 299 g/mol. The van der Waals surface area contributed by atoms with Crippen LogP contribution in [0.15, 0.2) is 24.3 Å². The second-order valence-corrected chi connectivity index (χ2v) is 5.61. The van der Waals surface area contributed by atoms with Gasteiger partial charge in [0.05, 0.1) is 28.4 Å². The van der Waals surface area contributed by atoms with Crippen LogP contribution >= 0.6 is 22.9 Å². The van der Waals surface area contributed by atoms with Crippen LogP contribution in [-0.4, -0.2) is 5.54 Å². The van der Waals surface area contributed by atoms with E-state index >= 15 is 0 Å². The van der Waals surface area contributed by atoms with E-state index in [2.05, 4.69) is 57.2 Å². The van der Waals surface area contributed by atoms with E-state index in [1.54, 1.807) is 5.56 Å². The molecule has 0 amide bonds. The molecule has 0 saturated heterocycles. The highest BCUT2D eigenvalue weighted by molar-refractivity contribution is 14.1. The summed E-state index contributed by atoms with van der Waals surface area (Å²) in [7, 11) is 0. The molecule has 74 valence electrons. The van der Waals surface area contributed by atoms with E-state index < -0.39 is 0 Å². The van der Waals surface area contributed by atoms with E-state index in [1.807, 2.05) is 0 Å². The topological polar surface area (TPSA) is 3.24 Å². The van der Waals surface area contributed by atoms with E-state index in [4.69, 9.17) is 0 Å². The van der Waals surface area contributed by atoms with Crippen LogP contribution in [0.5, 0.6) is 0 Å². The molecule has 0 bridgehead atoms. The lowest BCUT2D eigenvalue weighted by atomic mass is 9.88. The quantitative estimate of drug-likeness (QED) is 0.519. The molecule has 1 aromatic carbocycles. The first kappa shape index (κ1) is 9.01. The Bertz CT molecular complexity index is 376. The van der Waals surface area contributed by atoms with Crippen LogP contribution in [0, 0.1) is 0 Å². The molecule has 1 aliphatic carbocycles. The maximum absolute atomic E-state index is 2.49. The maximum Gasteiger partial charge on any atom is 0.0597 e. The first-order chi connectivity index (χ1) is 6.73. The molecule has 1 saturated carbocycles. The van der Waals surface area contributed by atoms with Crippen LogP contribution < -0.4 is 3.11 Å². The second kappa shape index (κ2) is 2.87. The molecule has 3 rings (SSSR count). The van der Waals surface area contributed by atoms with Crippen molar-refractivity contribution >= 4 is 28.6 Å². The zero-order valence-electron chi connectivity index (χ0n) is 8.33. The molecule has 2 heteroatoms. The van der Waals surface area contributed by atoms with Gasteiger partial charge in [-0.05, 0) is 31.4 Å². The number of anilines is 1. The molecule has 0 radical (unpaired) electrons. The van der Waals surface area contributed by atoms with Gasteiger partial charge in [0.25, 0.3) is 0 Å². The number of hydrogen-bond donors (Lipinski definition) is 0. The summed E-state index contributed by atoms with van der Waals surface area (Å²) in [6.45, 7) is 2.41. The van der Waals surface area contributed by atoms with E-state index in [0.29, 0.717) is 5.54 Å². The van der Waals surface area contributed by atoms with Gasteiger partial charge in [0.15, 0.2) is 0 Å². The lowest BCUT2D eigenvalue weighted by Gasteiger charge is -2.31. The molecule has 1 nitrogen and oxygen atoms in total. The van der Waals surface area contributed by atoms with Gasteiger partial charge in [-0.1, -0.05) is 24.6 Å². The molecule has 1 aliphatic heterocycles. The smallest absolute Gasteiger partial charge is 0.0597 e. The molecular weight excluding hydrogens is 285 g/mol. The third-order valence-electron chi connectivity index (χ3n) is 3.90. The lowest BCUT2D eigenvalue weighted by molar-refractivity contribution is 0.477. The van der Waals surface area contributed by atoms with Crippen LogP contribution in [0.1, 0.15) is 37.7 Å². The zero-order chi connectivity index (χ0) is 9.76. The van der Waals surface area contributed by atoms with Crippen LogP contribution in [0.25, 0.3) is 0 Å². The van der Waals surface area contributed by atoms with Gasteiger partial charge in [0, 0.05) is 11.6 Å². The Balaban J connectivity index is 2.18. The fraction of sp³-hybridized carbons (Fsp3) is 0.500. The van der Waals surface area contributed by atoms with Crippen molar-refractivity contribution in [3.05, 3.63) is 29.8 Å². The number of benzene rings is 1. The zero-order valence-corrected chi connectivity index (χ0v) is 10.5. The average Bonchev–Trinajstić information content (AvgIpc) is 2.67. The summed E-state index contributed by atoms with van der Waals surface area (Å²) in [5, 5.41) is 0. The Labute approximate surface area is 99.0 Å². The first-order valence-electron chi connectivity index (χ1n) is 5.28. The van der Waals surface area contributed by atoms with Crippen molar-refractivity contribution in [3.63, 3.8) is 0 Å². The number of hydrogen-bond acceptors (Lipinski definition) is 1. The fourth-order valence-corrected chi connectivity index (χ4v) is 4.13. The van der Waals surface area contributed by atoms with Crippen molar-refractivity contribution in [2.45, 2.75) is 37.6 Å². The monoisotopic (exact) mass is 299 g/mol. The highest BCUT2D eigenvalue weighted by atomic mass is 127. The Hall–Kier alpha value is -0.250. The largest absolute Gasteiger partial charge is 0.308 e. The Kier molecular flexibility index (Phi) is 1.85. The summed E-state index contributed by atoms with van der Waals surface area (Å²) < 4.78 is 2.47. The standard InChI is InChI=1S/C12H14IN/c1-12-8-4-6-10(12)9-5-2-3-7-11(9)14(12)13/h2-3,5,7,10H,4,6,8H2,1H3. The predicted octanol–water partition coefficient (Wildman–Crippen LogP) is 3.88. The number of para-hydroxylation sites is 1. The molecule has 1 fully saturated rings. The van der Waals surface area contributed by atoms with Gasteiger partial charge in [0.2, 0.25) is 0 Å². The van der Waals surface area contributed by atoms with Crippen molar-refractivity contribution in [1.82, 2.24) is 0 Å². The minimum absolute atomic E-state index is 0.393. The van der Waals surface area contributed by atoms with E-state index in [-0.39, 0.29) is 0 Å². The number of fused-ring (bicyclic) bond motifs is 3. The summed E-state index contributed by atoms with van der Waals surface area (Å²) in [5.74, 6) is 0.774. The maximum atomic E-state index is 2.49. The van der Waals surface area contributed by atoms with Crippen LogP contribution in [-0.2, 0) is 0 Å². The van der Waals surface area contributed by atoms with E-state index in [1.165, 1.54) is 24.9 Å². The van der Waals surface area contributed by atoms with Gasteiger partial charge in [-0.15, -0.1) is 0 Å². The second-order valence-electron chi connectivity index (χ2n) is 4.64. The predicted molar refractivity (Wildman–Crippen MR) is 67.9 cm³/mol. The van der Waals surface area contributed by atoms with Crippen molar-refractivity contribution in [2.75, 3.05) is 3.11 Å². The summed E-state index contributed by atoms with van der Waals surface area (Å²) in [4.78, 5) is 0.